The normalized spacial score (nSPS) is 12.1. The molecule has 0 spiro atoms. The van der Waals surface area contributed by atoms with E-state index in [2.05, 4.69) is 10.6 Å². The first-order valence-electron chi connectivity index (χ1n) is 5.87. The second-order valence-electron chi connectivity index (χ2n) is 4.03. The molecule has 0 aliphatic rings. The zero-order chi connectivity index (χ0) is 12.8. The number of furan rings is 1. The number of carbonyl (C=O) groups excluding carboxylic acids is 1. The van der Waals surface area contributed by atoms with Gasteiger partial charge in [-0.1, -0.05) is 18.2 Å². The van der Waals surface area contributed by atoms with E-state index in [0.29, 0.717) is 0 Å². The van der Waals surface area contributed by atoms with Gasteiger partial charge in [-0.05, 0) is 31.2 Å². The molecule has 0 fully saturated rings. The number of rotatable bonds is 5. The Morgan fingerprint density at radius 1 is 1.22 bits per heavy atom. The van der Waals surface area contributed by atoms with E-state index in [-0.39, 0.29) is 18.5 Å². The standard InChI is InChI=1S/C14H16N2O2/c1-11(13-8-5-9-18-13)15-10-14(17)16-12-6-3-2-4-7-12/h2-9,11,15H,10H2,1H3,(H,16,17)/t11-/m0/s1. The van der Waals surface area contributed by atoms with Gasteiger partial charge in [0.05, 0.1) is 18.8 Å². The van der Waals surface area contributed by atoms with Crippen molar-refractivity contribution in [2.24, 2.45) is 0 Å². The van der Waals surface area contributed by atoms with E-state index in [1.165, 1.54) is 0 Å². The summed E-state index contributed by atoms with van der Waals surface area (Å²) in [5, 5.41) is 5.91. The monoisotopic (exact) mass is 244 g/mol. The summed E-state index contributed by atoms with van der Waals surface area (Å²) in [4.78, 5) is 11.7. The van der Waals surface area contributed by atoms with E-state index >= 15 is 0 Å². The van der Waals surface area contributed by atoms with Crippen LogP contribution < -0.4 is 10.6 Å². The maximum Gasteiger partial charge on any atom is 0.238 e. The molecule has 0 saturated carbocycles. The lowest BCUT2D eigenvalue weighted by Crippen LogP contribution is -2.29. The lowest BCUT2D eigenvalue weighted by molar-refractivity contribution is -0.115. The van der Waals surface area contributed by atoms with Crippen molar-refractivity contribution in [2.45, 2.75) is 13.0 Å². The maximum absolute atomic E-state index is 11.7. The van der Waals surface area contributed by atoms with Gasteiger partial charge in [0.15, 0.2) is 0 Å². The van der Waals surface area contributed by atoms with E-state index in [1.54, 1.807) is 6.26 Å². The summed E-state index contributed by atoms with van der Waals surface area (Å²) in [6, 6.07) is 13.1. The Kier molecular flexibility index (Phi) is 4.15. The Balaban J connectivity index is 1.79. The molecule has 2 aromatic rings. The van der Waals surface area contributed by atoms with Crippen molar-refractivity contribution in [3.8, 4) is 0 Å². The fourth-order valence-electron chi connectivity index (χ4n) is 1.61. The van der Waals surface area contributed by atoms with E-state index < -0.39 is 0 Å². The SMILES string of the molecule is C[C@H](NCC(=O)Nc1ccccc1)c1ccco1. The van der Waals surface area contributed by atoms with E-state index in [4.69, 9.17) is 4.42 Å². The average molecular weight is 244 g/mol. The lowest BCUT2D eigenvalue weighted by atomic mass is 10.2. The largest absolute Gasteiger partial charge is 0.468 e. The number of hydrogen-bond acceptors (Lipinski definition) is 3. The molecule has 0 aliphatic carbocycles. The second kappa shape index (κ2) is 6.02. The quantitative estimate of drug-likeness (QED) is 0.850. The molecule has 18 heavy (non-hydrogen) atoms. The van der Waals surface area contributed by atoms with Gasteiger partial charge in [-0.25, -0.2) is 0 Å². The van der Waals surface area contributed by atoms with Gasteiger partial charge in [0.1, 0.15) is 5.76 Å². The van der Waals surface area contributed by atoms with Crippen LogP contribution in [0.3, 0.4) is 0 Å². The van der Waals surface area contributed by atoms with Gasteiger partial charge >= 0.3 is 0 Å². The summed E-state index contributed by atoms with van der Waals surface area (Å²) in [5.41, 5.74) is 0.801. The molecule has 1 heterocycles. The van der Waals surface area contributed by atoms with Gasteiger partial charge in [0.2, 0.25) is 5.91 Å². The average Bonchev–Trinajstić information content (AvgIpc) is 2.91. The number of nitrogens with one attached hydrogen (secondary N) is 2. The van der Waals surface area contributed by atoms with Crippen molar-refractivity contribution in [1.82, 2.24) is 5.32 Å². The van der Waals surface area contributed by atoms with Crippen LogP contribution in [-0.2, 0) is 4.79 Å². The van der Waals surface area contributed by atoms with E-state index in [9.17, 15) is 4.79 Å². The molecule has 4 heteroatoms. The van der Waals surface area contributed by atoms with Gasteiger partial charge in [-0.15, -0.1) is 0 Å². The fourth-order valence-corrected chi connectivity index (χ4v) is 1.61. The number of carbonyl (C=O) groups is 1. The predicted molar refractivity (Wildman–Crippen MR) is 70.2 cm³/mol. The minimum absolute atomic E-state index is 0.0153. The Labute approximate surface area is 106 Å². The summed E-state index contributed by atoms with van der Waals surface area (Å²) >= 11 is 0. The molecule has 1 aromatic carbocycles. The third kappa shape index (κ3) is 3.46. The molecule has 1 aromatic heterocycles. The molecule has 2 rings (SSSR count). The molecule has 0 aliphatic heterocycles. The first-order chi connectivity index (χ1) is 8.75. The van der Waals surface area contributed by atoms with Crippen LogP contribution in [0.5, 0.6) is 0 Å². The molecular weight excluding hydrogens is 228 g/mol. The topological polar surface area (TPSA) is 54.3 Å². The molecule has 0 radical (unpaired) electrons. The van der Waals surface area contributed by atoms with Crippen molar-refractivity contribution in [3.05, 3.63) is 54.5 Å². The highest BCUT2D eigenvalue weighted by Crippen LogP contribution is 2.11. The molecule has 0 bridgehead atoms. The van der Waals surface area contributed by atoms with Crippen molar-refractivity contribution in [3.63, 3.8) is 0 Å². The minimum Gasteiger partial charge on any atom is -0.468 e. The molecule has 0 saturated heterocycles. The van der Waals surface area contributed by atoms with Gasteiger partial charge in [-0.2, -0.15) is 0 Å². The Hall–Kier alpha value is -2.07. The number of para-hydroxylation sites is 1. The van der Waals surface area contributed by atoms with Crippen LogP contribution in [0, 0.1) is 0 Å². The summed E-state index contributed by atoms with van der Waals surface area (Å²) in [6.45, 7) is 2.20. The van der Waals surface area contributed by atoms with Gasteiger partial charge in [0, 0.05) is 5.69 Å². The second-order valence-corrected chi connectivity index (χ2v) is 4.03. The van der Waals surface area contributed by atoms with Crippen LogP contribution in [0.15, 0.2) is 53.1 Å². The lowest BCUT2D eigenvalue weighted by Gasteiger charge is -2.11. The van der Waals surface area contributed by atoms with Crippen LogP contribution >= 0.6 is 0 Å². The molecule has 1 atom stereocenters. The smallest absolute Gasteiger partial charge is 0.238 e. The Bertz CT molecular complexity index is 480. The molecular formula is C14H16N2O2. The van der Waals surface area contributed by atoms with Crippen molar-refractivity contribution >= 4 is 11.6 Å². The highest BCUT2D eigenvalue weighted by molar-refractivity contribution is 5.92. The highest BCUT2D eigenvalue weighted by atomic mass is 16.3. The summed E-state index contributed by atoms with van der Waals surface area (Å²) in [7, 11) is 0. The first kappa shape index (κ1) is 12.4. The van der Waals surface area contributed by atoms with E-state index in [1.807, 2.05) is 49.4 Å². The molecule has 4 nitrogen and oxygen atoms in total. The Morgan fingerprint density at radius 3 is 2.67 bits per heavy atom. The van der Waals surface area contributed by atoms with Crippen molar-refractivity contribution in [1.29, 1.82) is 0 Å². The van der Waals surface area contributed by atoms with Crippen LogP contribution in [0.25, 0.3) is 0 Å². The Morgan fingerprint density at radius 2 is 2.00 bits per heavy atom. The minimum atomic E-state index is -0.0698. The molecule has 1 amide bonds. The maximum atomic E-state index is 11.7. The van der Waals surface area contributed by atoms with Crippen LogP contribution in [0.4, 0.5) is 5.69 Å². The highest BCUT2D eigenvalue weighted by Gasteiger charge is 2.09. The zero-order valence-electron chi connectivity index (χ0n) is 10.2. The third-order valence-electron chi connectivity index (χ3n) is 2.60. The number of benzene rings is 1. The number of amides is 1. The van der Waals surface area contributed by atoms with Crippen molar-refractivity contribution in [2.75, 3.05) is 11.9 Å². The van der Waals surface area contributed by atoms with Gasteiger partial charge in [-0.3, -0.25) is 10.1 Å². The number of hydrogen-bond donors (Lipinski definition) is 2. The molecule has 2 N–H and O–H groups in total. The van der Waals surface area contributed by atoms with Gasteiger partial charge < -0.3 is 9.73 Å². The molecule has 0 unspecified atom stereocenters. The third-order valence-corrected chi connectivity index (χ3v) is 2.60. The summed E-state index contributed by atoms with van der Waals surface area (Å²) < 4.78 is 5.25. The van der Waals surface area contributed by atoms with Gasteiger partial charge in [0.25, 0.3) is 0 Å². The predicted octanol–water partition coefficient (Wildman–Crippen LogP) is 2.57. The van der Waals surface area contributed by atoms with Crippen molar-refractivity contribution < 1.29 is 9.21 Å². The van der Waals surface area contributed by atoms with Crippen LogP contribution in [0.2, 0.25) is 0 Å². The summed E-state index contributed by atoms with van der Waals surface area (Å²) in [5.74, 6) is 0.752. The zero-order valence-corrected chi connectivity index (χ0v) is 10.2. The van der Waals surface area contributed by atoms with Crippen LogP contribution in [-0.4, -0.2) is 12.5 Å². The van der Waals surface area contributed by atoms with E-state index in [0.717, 1.165) is 11.4 Å². The number of anilines is 1. The molecule has 94 valence electrons. The summed E-state index contributed by atoms with van der Waals surface area (Å²) in [6.07, 6.45) is 1.62. The fraction of sp³-hybridized carbons (Fsp3) is 0.214. The first-order valence-corrected chi connectivity index (χ1v) is 5.87. The van der Waals surface area contributed by atoms with Crippen LogP contribution in [0.1, 0.15) is 18.7 Å².